The fourth-order valence-corrected chi connectivity index (χ4v) is 2.35. The SMILES string of the molecule is O=C(NNC1=CCCCC1)c1cc(-c2ccccc2)n[nH]1. The summed E-state index contributed by atoms with van der Waals surface area (Å²) in [4.78, 5) is 12.1. The van der Waals surface area contributed by atoms with Crippen molar-refractivity contribution in [1.29, 1.82) is 0 Å². The number of carbonyl (C=O) groups excluding carboxylic acids is 1. The van der Waals surface area contributed by atoms with E-state index in [2.05, 4.69) is 27.1 Å². The zero-order chi connectivity index (χ0) is 14.5. The van der Waals surface area contributed by atoms with E-state index in [1.54, 1.807) is 6.07 Å². The topological polar surface area (TPSA) is 69.8 Å². The number of aromatic amines is 1. The number of hydrogen-bond donors (Lipinski definition) is 3. The monoisotopic (exact) mass is 282 g/mol. The standard InChI is InChI=1S/C16H18N4O/c21-16(20-17-13-9-5-2-6-10-13)15-11-14(18-19-15)12-7-3-1-4-8-12/h1,3-4,7-9,11,17H,2,5-6,10H2,(H,18,19)(H,20,21). The lowest BCUT2D eigenvalue weighted by Gasteiger charge is -2.15. The van der Waals surface area contributed by atoms with Crippen LogP contribution in [-0.2, 0) is 0 Å². The maximum atomic E-state index is 12.1. The summed E-state index contributed by atoms with van der Waals surface area (Å²) in [6.45, 7) is 0. The van der Waals surface area contributed by atoms with Crippen molar-refractivity contribution in [3.05, 3.63) is 53.9 Å². The van der Waals surface area contributed by atoms with Crippen LogP contribution in [0.2, 0.25) is 0 Å². The van der Waals surface area contributed by atoms with Crippen LogP contribution in [0.1, 0.15) is 36.2 Å². The Hall–Kier alpha value is -2.56. The molecule has 3 rings (SSSR count). The number of H-pyrrole nitrogens is 1. The Bertz CT molecular complexity index is 645. The first-order valence-electron chi connectivity index (χ1n) is 7.19. The summed E-state index contributed by atoms with van der Waals surface area (Å²) in [5.74, 6) is -0.212. The minimum absolute atomic E-state index is 0.212. The van der Waals surface area contributed by atoms with Gasteiger partial charge in [-0.3, -0.25) is 15.3 Å². The van der Waals surface area contributed by atoms with E-state index in [0.29, 0.717) is 5.69 Å². The molecule has 1 amide bonds. The van der Waals surface area contributed by atoms with Crippen LogP contribution in [0.4, 0.5) is 0 Å². The Balaban J connectivity index is 1.63. The van der Waals surface area contributed by atoms with E-state index in [4.69, 9.17) is 0 Å². The molecule has 108 valence electrons. The first-order valence-corrected chi connectivity index (χ1v) is 7.19. The van der Waals surface area contributed by atoms with E-state index in [1.807, 2.05) is 30.3 Å². The zero-order valence-corrected chi connectivity index (χ0v) is 11.7. The molecule has 1 heterocycles. The Morgan fingerprint density at radius 1 is 1.19 bits per heavy atom. The second kappa shape index (κ2) is 6.26. The summed E-state index contributed by atoms with van der Waals surface area (Å²) in [6, 6.07) is 11.5. The van der Waals surface area contributed by atoms with Crippen LogP contribution < -0.4 is 10.9 Å². The predicted octanol–water partition coefficient (Wildman–Crippen LogP) is 2.77. The van der Waals surface area contributed by atoms with Gasteiger partial charge in [0.05, 0.1) is 5.69 Å². The van der Waals surface area contributed by atoms with E-state index >= 15 is 0 Å². The van der Waals surface area contributed by atoms with Gasteiger partial charge in [0.15, 0.2) is 0 Å². The van der Waals surface area contributed by atoms with Gasteiger partial charge in [-0.05, 0) is 31.7 Å². The third-order valence-electron chi connectivity index (χ3n) is 3.52. The van der Waals surface area contributed by atoms with Gasteiger partial charge in [-0.15, -0.1) is 0 Å². The van der Waals surface area contributed by atoms with Gasteiger partial charge < -0.3 is 5.43 Å². The van der Waals surface area contributed by atoms with Crippen LogP contribution >= 0.6 is 0 Å². The van der Waals surface area contributed by atoms with Gasteiger partial charge in [-0.1, -0.05) is 36.4 Å². The van der Waals surface area contributed by atoms with Crippen molar-refractivity contribution in [3.63, 3.8) is 0 Å². The normalized spacial score (nSPS) is 14.4. The fourth-order valence-electron chi connectivity index (χ4n) is 2.35. The van der Waals surface area contributed by atoms with Crippen molar-refractivity contribution < 1.29 is 4.79 Å². The van der Waals surface area contributed by atoms with Gasteiger partial charge in [0.1, 0.15) is 5.69 Å². The molecule has 5 nitrogen and oxygen atoms in total. The molecule has 0 atom stereocenters. The third kappa shape index (κ3) is 3.31. The maximum absolute atomic E-state index is 12.1. The highest BCUT2D eigenvalue weighted by molar-refractivity contribution is 5.93. The molecule has 0 saturated heterocycles. The van der Waals surface area contributed by atoms with Crippen LogP contribution in [0.25, 0.3) is 11.3 Å². The molecule has 1 aromatic carbocycles. The number of nitrogens with zero attached hydrogens (tertiary/aromatic N) is 1. The van der Waals surface area contributed by atoms with Crippen LogP contribution in [0.5, 0.6) is 0 Å². The summed E-state index contributed by atoms with van der Waals surface area (Å²) < 4.78 is 0. The number of hydrogen-bond acceptors (Lipinski definition) is 3. The van der Waals surface area contributed by atoms with Crippen LogP contribution in [-0.4, -0.2) is 16.1 Å². The van der Waals surface area contributed by atoms with Gasteiger partial charge in [0, 0.05) is 11.3 Å². The Morgan fingerprint density at radius 3 is 2.81 bits per heavy atom. The predicted molar refractivity (Wildman–Crippen MR) is 81.2 cm³/mol. The summed E-state index contributed by atoms with van der Waals surface area (Å²) in [5, 5.41) is 6.94. The quantitative estimate of drug-likeness (QED) is 0.755. The molecule has 1 aromatic heterocycles. The van der Waals surface area contributed by atoms with Crippen molar-refractivity contribution in [1.82, 2.24) is 21.0 Å². The number of hydrazine groups is 1. The smallest absolute Gasteiger partial charge is 0.287 e. The van der Waals surface area contributed by atoms with E-state index in [1.165, 1.54) is 6.42 Å². The first kappa shape index (κ1) is 13.4. The van der Waals surface area contributed by atoms with Crippen molar-refractivity contribution in [3.8, 4) is 11.3 Å². The lowest BCUT2D eigenvalue weighted by atomic mass is 10.1. The molecule has 3 N–H and O–H groups in total. The second-order valence-corrected chi connectivity index (χ2v) is 5.09. The molecular weight excluding hydrogens is 264 g/mol. The summed E-state index contributed by atoms with van der Waals surface area (Å²) in [7, 11) is 0. The molecule has 0 bridgehead atoms. The number of aromatic nitrogens is 2. The number of benzene rings is 1. The van der Waals surface area contributed by atoms with Gasteiger partial charge in [0.2, 0.25) is 0 Å². The van der Waals surface area contributed by atoms with Crippen molar-refractivity contribution in [2.45, 2.75) is 25.7 Å². The van der Waals surface area contributed by atoms with Crippen molar-refractivity contribution >= 4 is 5.91 Å². The third-order valence-corrected chi connectivity index (χ3v) is 3.52. The molecule has 5 heteroatoms. The highest BCUT2D eigenvalue weighted by Crippen LogP contribution is 2.17. The van der Waals surface area contributed by atoms with Gasteiger partial charge in [-0.25, -0.2) is 0 Å². The summed E-state index contributed by atoms with van der Waals surface area (Å²) in [6.07, 6.45) is 6.57. The van der Waals surface area contributed by atoms with E-state index < -0.39 is 0 Å². The van der Waals surface area contributed by atoms with Crippen LogP contribution in [0.15, 0.2) is 48.2 Å². The number of allylic oxidation sites excluding steroid dienone is 2. The Labute approximate surface area is 123 Å². The molecule has 0 radical (unpaired) electrons. The van der Waals surface area contributed by atoms with Crippen molar-refractivity contribution in [2.24, 2.45) is 0 Å². The van der Waals surface area contributed by atoms with Crippen molar-refractivity contribution in [2.75, 3.05) is 0 Å². The minimum Gasteiger partial charge on any atom is -0.303 e. The maximum Gasteiger partial charge on any atom is 0.287 e. The first-order chi connectivity index (χ1) is 10.3. The summed E-state index contributed by atoms with van der Waals surface area (Å²) >= 11 is 0. The molecule has 21 heavy (non-hydrogen) atoms. The number of nitrogens with one attached hydrogen (secondary N) is 3. The number of rotatable bonds is 4. The molecular formula is C16H18N4O. The molecule has 0 fully saturated rings. The average molecular weight is 282 g/mol. The van der Waals surface area contributed by atoms with Crippen LogP contribution in [0.3, 0.4) is 0 Å². The second-order valence-electron chi connectivity index (χ2n) is 5.09. The summed E-state index contributed by atoms with van der Waals surface area (Å²) in [5.41, 5.74) is 8.95. The molecule has 0 spiro atoms. The zero-order valence-electron chi connectivity index (χ0n) is 11.7. The van der Waals surface area contributed by atoms with Gasteiger partial charge in [-0.2, -0.15) is 5.10 Å². The number of amides is 1. The molecule has 0 aliphatic heterocycles. The Morgan fingerprint density at radius 2 is 2.05 bits per heavy atom. The number of carbonyl (C=O) groups is 1. The molecule has 0 saturated carbocycles. The van der Waals surface area contributed by atoms with Gasteiger partial charge >= 0.3 is 0 Å². The molecule has 2 aromatic rings. The molecule has 1 aliphatic rings. The van der Waals surface area contributed by atoms with E-state index in [9.17, 15) is 4.79 Å². The average Bonchev–Trinajstić information content (AvgIpc) is 3.04. The molecule has 1 aliphatic carbocycles. The van der Waals surface area contributed by atoms with Crippen LogP contribution in [0, 0.1) is 0 Å². The lowest BCUT2D eigenvalue weighted by Crippen LogP contribution is -2.37. The molecule has 0 unspecified atom stereocenters. The lowest BCUT2D eigenvalue weighted by molar-refractivity contribution is 0.0933. The van der Waals surface area contributed by atoms with E-state index in [-0.39, 0.29) is 5.91 Å². The van der Waals surface area contributed by atoms with Gasteiger partial charge in [0.25, 0.3) is 5.91 Å². The van der Waals surface area contributed by atoms with E-state index in [0.717, 1.165) is 36.2 Å². The fraction of sp³-hybridized carbons (Fsp3) is 0.250. The highest BCUT2D eigenvalue weighted by atomic mass is 16.2. The highest BCUT2D eigenvalue weighted by Gasteiger charge is 2.11. The largest absolute Gasteiger partial charge is 0.303 e. The Kier molecular flexibility index (Phi) is 4.00. The minimum atomic E-state index is -0.212.